The molecule has 0 heterocycles. The number of rotatable bonds is 4. The lowest BCUT2D eigenvalue weighted by molar-refractivity contribution is 0.465. The van der Waals surface area contributed by atoms with Gasteiger partial charge in [0.15, 0.2) is 0 Å². The highest BCUT2D eigenvalue weighted by Crippen LogP contribution is 2.29. The molecule has 2 nitrogen and oxygen atoms in total. The van der Waals surface area contributed by atoms with E-state index in [9.17, 15) is 10.2 Å². The maximum Gasteiger partial charge on any atom is 0.115 e. The molecule has 0 amide bonds. The fraction of sp³-hybridized carbons (Fsp3) is 0.294. The Balaban J connectivity index is 2.25. The van der Waals surface area contributed by atoms with Crippen molar-refractivity contribution in [3.63, 3.8) is 0 Å². The highest BCUT2D eigenvalue weighted by atomic mass is 16.3. The summed E-state index contributed by atoms with van der Waals surface area (Å²) in [6, 6.07) is 13.1. The first-order valence-electron chi connectivity index (χ1n) is 7.30. The summed E-state index contributed by atoms with van der Waals surface area (Å²) in [6.07, 6.45) is -1.20. The molecular formula is C17H20O2. The van der Waals surface area contributed by atoms with Gasteiger partial charge in [0.25, 0.3) is 0 Å². The van der Waals surface area contributed by atoms with Gasteiger partial charge in [0.2, 0.25) is 0 Å². The fourth-order valence-corrected chi connectivity index (χ4v) is 1.92. The Bertz CT molecular complexity index is 546. The number of aromatic hydroxyl groups is 2. The van der Waals surface area contributed by atoms with Gasteiger partial charge < -0.3 is 10.2 Å². The molecule has 0 aliphatic carbocycles. The van der Waals surface area contributed by atoms with Crippen molar-refractivity contribution in [1.82, 2.24) is 0 Å². The molecule has 2 heteroatoms. The van der Waals surface area contributed by atoms with Gasteiger partial charge in [-0.1, -0.05) is 38.1 Å². The SMILES string of the molecule is [2H]C([2H])(CC(C)(C)c1ccc(O)cc1)c1ccc(O)cc1. The molecule has 0 aliphatic heterocycles. The molecular weight excluding hydrogens is 236 g/mol. The molecule has 0 aliphatic rings. The van der Waals surface area contributed by atoms with Crippen molar-refractivity contribution in [2.45, 2.75) is 32.1 Å². The third-order valence-corrected chi connectivity index (χ3v) is 3.25. The van der Waals surface area contributed by atoms with Gasteiger partial charge in [-0.15, -0.1) is 0 Å². The van der Waals surface area contributed by atoms with Crippen LogP contribution in [-0.4, -0.2) is 10.2 Å². The third kappa shape index (κ3) is 3.50. The summed E-state index contributed by atoms with van der Waals surface area (Å²) in [7, 11) is 0. The van der Waals surface area contributed by atoms with E-state index in [1.54, 1.807) is 24.3 Å². The number of phenols is 2. The molecule has 2 aromatic carbocycles. The van der Waals surface area contributed by atoms with E-state index in [1.165, 1.54) is 12.1 Å². The fourth-order valence-electron chi connectivity index (χ4n) is 1.92. The van der Waals surface area contributed by atoms with Gasteiger partial charge in [-0.05, 0) is 53.6 Å². The van der Waals surface area contributed by atoms with Crippen LogP contribution in [0.15, 0.2) is 48.5 Å². The zero-order chi connectivity index (χ0) is 15.7. The number of phenolic OH excluding ortho intramolecular Hbond substituents is 2. The molecule has 19 heavy (non-hydrogen) atoms. The normalized spacial score (nSPS) is 13.8. The average molecular weight is 258 g/mol. The Kier molecular flexibility index (Phi) is 3.07. The minimum Gasteiger partial charge on any atom is -0.508 e. The Morgan fingerprint density at radius 2 is 1.37 bits per heavy atom. The quantitative estimate of drug-likeness (QED) is 0.870. The first-order valence-corrected chi connectivity index (χ1v) is 6.30. The Morgan fingerprint density at radius 1 is 0.895 bits per heavy atom. The zero-order valence-electron chi connectivity index (χ0n) is 13.2. The predicted octanol–water partition coefficient (Wildman–Crippen LogP) is 4.01. The molecule has 2 N–H and O–H groups in total. The van der Waals surface area contributed by atoms with Gasteiger partial charge >= 0.3 is 0 Å². The number of hydrogen-bond donors (Lipinski definition) is 2. The summed E-state index contributed by atoms with van der Waals surface area (Å²) >= 11 is 0. The van der Waals surface area contributed by atoms with E-state index in [4.69, 9.17) is 2.74 Å². The first kappa shape index (κ1) is 10.9. The molecule has 100 valence electrons. The molecule has 0 saturated carbocycles. The average Bonchev–Trinajstić information content (AvgIpc) is 2.38. The van der Waals surface area contributed by atoms with Crippen LogP contribution in [0.4, 0.5) is 0 Å². The van der Waals surface area contributed by atoms with E-state index in [0.29, 0.717) is 12.0 Å². The van der Waals surface area contributed by atoms with Crippen LogP contribution < -0.4 is 0 Å². The van der Waals surface area contributed by atoms with E-state index in [-0.39, 0.29) is 16.9 Å². The van der Waals surface area contributed by atoms with E-state index in [2.05, 4.69) is 0 Å². The van der Waals surface area contributed by atoms with Gasteiger partial charge in [0.05, 0.1) is 0 Å². The minimum atomic E-state index is -1.50. The number of benzene rings is 2. The van der Waals surface area contributed by atoms with Gasteiger partial charge in [0.1, 0.15) is 11.5 Å². The second-order valence-electron chi connectivity index (χ2n) is 5.33. The summed E-state index contributed by atoms with van der Waals surface area (Å²) in [4.78, 5) is 0. The molecule has 2 aromatic rings. The zero-order valence-corrected chi connectivity index (χ0v) is 11.2. The van der Waals surface area contributed by atoms with Crippen LogP contribution in [0.5, 0.6) is 11.5 Å². The molecule has 0 saturated heterocycles. The van der Waals surface area contributed by atoms with Crippen molar-refractivity contribution >= 4 is 0 Å². The van der Waals surface area contributed by atoms with Crippen LogP contribution in [0.2, 0.25) is 0 Å². The van der Waals surface area contributed by atoms with Gasteiger partial charge in [-0.2, -0.15) is 0 Å². The lowest BCUT2D eigenvalue weighted by Crippen LogP contribution is -2.17. The highest BCUT2D eigenvalue weighted by Gasteiger charge is 2.20. The molecule has 0 bridgehead atoms. The largest absolute Gasteiger partial charge is 0.508 e. The molecule has 2 rings (SSSR count). The second kappa shape index (κ2) is 5.35. The van der Waals surface area contributed by atoms with E-state index in [1.807, 2.05) is 26.0 Å². The van der Waals surface area contributed by atoms with E-state index in [0.717, 1.165) is 5.56 Å². The lowest BCUT2D eigenvalue weighted by atomic mass is 9.79. The van der Waals surface area contributed by atoms with E-state index >= 15 is 0 Å². The summed E-state index contributed by atoms with van der Waals surface area (Å²) in [5, 5.41) is 18.7. The summed E-state index contributed by atoms with van der Waals surface area (Å²) in [5.41, 5.74) is 1.14. The highest BCUT2D eigenvalue weighted by molar-refractivity contribution is 5.31. The van der Waals surface area contributed by atoms with Crippen LogP contribution >= 0.6 is 0 Å². The second-order valence-corrected chi connectivity index (χ2v) is 5.33. The van der Waals surface area contributed by atoms with Crippen LogP contribution in [-0.2, 0) is 11.8 Å². The lowest BCUT2D eigenvalue weighted by Gasteiger charge is -2.25. The van der Waals surface area contributed by atoms with E-state index < -0.39 is 6.37 Å². The van der Waals surface area contributed by atoms with Gasteiger partial charge in [0, 0.05) is 2.74 Å². The molecule has 0 atom stereocenters. The van der Waals surface area contributed by atoms with Crippen molar-refractivity contribution in [2.75, 3.05) is 0 Å². The standard InChI is InChI=1S/C17H20O2/c1-17(2,14-5-9-16(19)10-6-14)12-11-13-3-7-15(18)8-4-13/h3-10,18-19H,11-12H2,1-2H3/i11D2. The minimum absolute atomic E-state index is 0.132. The van der Waals surface area contributed by atoms with Crippen molar-refractivity contribution in [3.05, 3.63) is 59.7 Å². The first-order chi connectivity index (χ1) is 9.71. The number of hydrogen-bond acceptors (Lipinski definition) is 2. The molecule has 0 radical (unpaired) electrons. The maximum atomic E-state index is 9.36. The van der Waals surface area contributed by atoms with Crippen LogP contribution in [0, 0.1) is 0 Å². The molecule has 0 spiro atoms. The molecule has 0 aromatic heterocycles. The Morgan fingerprint density at radius 3 is 1.89 bits per heavy atom. The summed E-state index contributed by atoms with van der Waals surface area (Å²) in [6.45, 7) is 3.97. The maximum absolute atomic E-state index is 9.36. The number of aryl methyl sites for hydroxylation is 1. The predicted molar refractivity (Wildman–Crippen MR) is 77.6 cm³/mol. The van der Waals surface area contributed by atoms with Crippen LogP contribution in [0.25, 0.3) is 0 Å². The van der Waals surface area contributed by atoms with Crippen molar-refractivity contribution in [1.29, 1.82) is 0 Å². The van der Waals surface area contributed by atoms with Gasteiger partial charge in [-0.25, -0.2) is 0 Å². The molecule has 0 unspecified atom stereocenters. The summed E-state index contributed by atoms with van der Waals surface area (Å²) < 4.78 is 16.6. The van der Waals surface area contributed by atoms with Crippen LogP contribution in [0.1, 0.15) is 34.1 Å². The monoisotopic (exact) mass is 258 g/mol. The Hall–Kier alpha value is -1.96. The molecule has 0 fully saturated rings. The Labute approximate surface area is 117 Å². The topological polar surface area (TPSA) is 40.5 Å². The smallest absolute Gasteiger partial charge is 0.115 e. The van der Waals surface area contributed by atoms with Crippen LogP contribution in [0.3, 0.4) is 0 Å². The summed E-state index contributed by atoms with van der Waals surface area (Å²) in [5.74, 6) is 0.337. The van der Waals surface area contributed by atoms with Gasteiger partial charge in [-0.3, -0.25) is 0 Å². The third-order valence-electron chi connectivity index (χ3n) is 3.25. The van der Waals surface area contributed by atoms with Crippen molar-refractivity contribution in [2.24, 2.45) is 0 Å². The van der Waals surface area contributed by atoms with Crippen molar-refractivity contribution < 1.29 is 13.0 Å². The van der Waals surface area contributed by atoms with Crippen molar-refractivity contribution in [3.8, 4) is 11.5 Å².